The van der Waals surface area contributed by atoms with E-state index in [0.717, 1.165) is 42.0 Å². The smallest absolute Gasteiger partial charge is 0.255 e. The van der Waals surface area contributed by atoms with Crippen molar-refractivity contribution in [3.8, 4) is 5.69 Å². The largest absolute Gasteiger partial charge is 0.469 e. The van der Waals surface area contributed by atoms with Crippen molar-refractivity contribution in [3.63, 3.8) is 0 Å². The first-order valence-corrected chi connectivity index (χ1v) is 8.21. The van der Waals surface area contributed by atoms with Gasteiger partial charge in [0.25, 0.3) is 5.91 Å². The number of aromatic nitrogens is 2. The second-order valence-corrected chi connectivity index (χ2v) is 6.11. The number of nitrogens with zero attached hydrogens (tertiary/aromatic N) is 2. The highest BCUT2D eigenvalue weighted by molar-refractivity contribution is 5.95. The highest BCUT2D eigenvalue weighted by Crippen LogP contribution is 2.30. The molecule has 122 valence electrons. The molecule has 0 bridgehead atoms. The number of amides is 1. The van der Waals surface area contributed by atoms with Crippen LogP contribution < -0.4 is 5.32 Å². The SMILES string of the molecule is Cc1c(C(=O)N[C@H]2CCCc3occc32)cnn1-c1ccccc1. The molecule has 1 N–H and O–H groups in total. The van der Waals surface area contributed by atoms with Gasteiger partial charge in [0, 0.05) is 12.0 Å². The van der Waals surface area contributed by atoms with Gasteiger partial charge in [0.2, 0.25) is 0 Å². The minimum Gasteiger partial charge on any atom is -0.469 e. The second kappa shape index (κ2) is 6.00. The molecule has 2 aromatic heterocycles. The summed E-state index contributed by atoms with van der Waals surface area (Å²) in [7, 11) is 0. The highest BCUT2D eigenvalue weighted by Gasteiger charge is 2.25. The molecule has 0 spiro atoms. The number of hydrogen-bond acceptors (Lipinski definition) is 3. The first kappa shape index (κ1) is 14.8. The van der Waals surface area contributed by atoms with E-state index in [1.165, 1.54) is 0 Å². The van der Waals surface area contributed by atoms with E-state index >= 15 is 0 Å². The van der Waals surface area contributed by atoms with E-state index in [1.807, 2.05) is 43.3 Å². The molecule has 0 saturated carbocycles. The Morgan fingerprint density at radius 2 is 2.12 bits per heavy atom. The standard InChI is InChI=1S/C19H19N3O2/c1-13-16(12-20-22(13)14-6-3-2-4-7-14)19(23)21-17-8-5-9-18-15(17)10-11-24-18/h2-4,6-7,10-12,17H,5,8-9H2,1H3,(H,21,23)/t17-/m0/s1. The van der Waals surface area contributed by atoms with E-state index in [2.05, 4.69) is 10.4 Å². The molecule has 1 aliphatic carbocycles. The Morgan fingerprint density at radius 1 is 1.29 bits per heavy atom. The molecule has 1 amide bonds. The summed E-state index contributed by atoms with van der Waals surface area (Å²) in [6, 6.07) is 11.8. The van der Waals surface area contributed by atoms with Gasteiger partial charge in [-0.2, -0.15) is 5.10 Å². The molecular weight excluding hydrogens is 302 g/mol. The number of nitrogens with one attached hydrogen (secondary N) is 1. The van der Waals surface area contributed by atoms with Gasteiger partial charge in [-0.25, -0.2) is 4.68 Å². The molecule has 5 nitrogen and oxygen atoms in total. The van der Waals surface area contributed by atoms with Gasteiger partial charge in [-0.05, 0) is 38.0 Å². The monoisotopic (exact) mass is 321 g/mol. The van der Waals surface area contributed by atoms with E-state index in [0.29, 0.717) is 5.56 Å². The van der Waals surface area contributed by atoms with Crippen molar-refractivity contribution in [1.29, 1.82) is 0 Å². The Hall–Kier alpha value is -2.82. The van der Waals surface area contributed by atoms with Crippen LogP contribution in [0.5, 0.6) is 0 Å². The summed E-state index contributed by atoms with van der Waals surface area (Å²) < 4.78 is 7.28. The molecular formula is C19H19N3O2. The lowest BCUT2D eigenvalue weighted by molar-refractivity contribution is 0.0931. The van der Waals surface area contributed by atoms with Crippen molar-refractivity contribution in [2.24, 2.45) is 0 Å². The number of aryl methyl sites for hydroxylation is 1. The Bertz CT molecular complexity index is 864. The summed E-state index contributed by atoms with van der Waals surface area (Å²) >= 11 is 0. The fourth-order valence-corrected chi connectivity index (χ4v) is 3.33. The number of fused-ring (bicyclic) bond motifs is 1. The molecule has 2 heterocycles. The third-order valence-electron chi connectivity index (χ3n) is 4.61. The topological polar surface area (TPSA) is 60.1 Å². The van der Waals surface area contributed by atoms with Crippen LogP contribution in [-0.2, 0) is 6.42 Å². The number of carbonyl (C=O) groups excluding carboxylic acids is 1. The summed E-state index contributed by atoms with van der Waals surface area (Å²) in [4.78, 5) is 12.7. The molecule has 0 saturated heterocycles. The Kier molecular flexibility index (Phi) is 3.69. The molecule has 1 aromatic carbocycles. The average molecular weight is 321 g/mol. The number of carbonyl (C=O) groups is 1. The van der Waals surface area contributed by atoms with Gasteiger partial charge in [0.1, 0.15) is 5.76 Å². The minimum atomic E-state index is -0.0891. The number of para-hydroxylation sites is 1. The van der Waals surface area contributed by atoms with Crippen LogP contribution in [0.4, 0.5) is 0 Å². The van der Waals surface area contributed by atoms with Gasteiger partial charge in [-0.1, -0.05) is 18.2 Å². The molecule has 0 fully saturated rings. The van der Waals surface area contributed by atoms with Crippen molar-refractivity contribution >= 4 is 5.91 Å². The van der Waals surface area contributed by atoms with E-state index in [-0.39, 0.29) is 11.9 Å². The zero-order chi connectivity index (χ0) is 16.5. The molecule has 1 aliphatic rings. The van der Waals surface area contributed by atoms with Crippen LogP contribution in [0.15, 0.2) is 53.3 Å². The van der Waals surface area contributed by atoms with Crippen LogP contribution in [0.1, 0.15) is 46.3 Å². The Morgan fingerprint density at radius 3 is 2.96 bits per heavy atom. The number of furan rings is 1. The van der Waals surface area contributed by atoms with Gasteiger partial charge < -0.3 is 9.73 Å². The lowest BCUT2D eigenvalue weighted by atomic mass is 9.93. The maximum atomic E-state index is 12.7. The molecule has 0 unspecified atom stereocenters. The van der Waals surface area contributed by atoms with Crippen molar-refractivity contribution in [2.75, 3.05) is 0 Å². The normalized spacial score (nSPS) is 16.6. The predicted octanol–water partition coefficient (Wildman–Crippen LogP) is 3.58. The maximum absolute atomic E-state index is 12.7. The van der Waals surface area contributed by atoms with E-state index < -0.39 is 0 Å². The average Bonchev–Trinajstić information content (AvgIpc) is 3.23. The Labute approximate surface area is 140 Å². The van der Waals surface area contributed by atoms with Gasteiger partial charge >= 0.3 is 0 Å². The third kappa shape index (κ3) is 2.52. The van der Waals surface area contributed by atoms with Crippen molar-refractivity contribution in [1.82, 2.24) is 15.1 Å². The number of hydrogen-bond donors (Lipinski definition) is 1. The quantitative estimate of drug-likeness (QED) is 0.802. The summed E-state index contributed by atoms with van der Waals surface area (Å²) in [5.41, 5.74) is 3.49. The molecule has 0 radical (unpaired) electrons. The zero-order valence-electron chi connectivity index (χ0n) is 13.5. The summed E-state index contributed by atoms with van der Waals surface area (Å²) in [6.45, 7) is 1.92. The second-order valence-electron chi connectivity index (χ2n) is 6.11. The number of benzene rings is 1. The first-order valence-electron chi connectivity index (χ1n) is 8.21. The molecule has 3 aromatic rings. The highest BCUT2D eigenvalue weighted by atomic mass is 16.3. The first-order chi connectivity index (χ1) is 11.7. The molecule has 4 rings (SSSR count). The summed E-state index contributed by atoms with van der Waals surface area (Å²) in [5.74, 6) is 0.900. The van der Waals surface area contributed by atoms with Gasteiger partial charge in [-0.15, -0.1) is 0 Å². The van der Waals surface area contributed by atoms with Crippen LogP contribution in [-0.4, -0.2) is 15.7 Å². The van der Waals surface area contributed by atoms with E-state index in [1.54, 1.807) is 17.1 Å². The number of rotatable bonds is 3. The zero-order valence-corrected chi connectivity index (χ0v) is 13.5. The predicted molar refractivity (Wildman–Crippen MR) is 90.2 cm³/mol. The molecule has 1 atom stereocenters. The minimum absolute atomic E-state index is 0.0134. The van der Waals surface area contributed by atoms with Crippen LogP contribution in [0.3, 0.4) is 0 Å². The van der Waals surface area contributed by atoms with Crippen molar-refractivity contribution in [2.45, 2.75) is 32.2 Å². The van der Waals surface area contributed by atoms with Crippen LogP contribution >= 0.6 is 0 Å². The molecule has 24 heavy (non-hydrogen) atoms. The lowest BCUT2D eigenvalue weighted by Gasteiger charge is -2.22. The molecule has 5 heteroatoms. The van der Waals surface area contributed by atoms with Crippen LogP contribution in [0.2, 0.25) is 0 Å². The lowest BCUT2D eigenvalue weighted by Crippen LogP contribution is -2.30. The fraction of sp³-hybridized carbons (Fsp3) is 0.263. The summed E-state index contributed by atoms with van der Waals surface area (Å²) in [5, 5.41) is 7.50. The van der Waals surface area contributed by atoms with Crippen LogP contribution in [0.25, 0.3) is 5.69 Å². The Balaban J connectivity index is 1.57. The van der Waals surface area contributed by atoms with E-state index in [4.69, 9.17) is 4.42 Å². The maximum Gasteiger partial charge on any atom is 0.255 e. The van der Waals surface area contributed by atoms with Crippen molar-refractivity contribution in [3.05, 3.63) is 71.4 Å². The fourth-order valence-electron chi connectivity index (χ4n) is 3.33. The molecule has 0 aliphatic heterocycles. The van der Waals surface area contributed by atoms with Gasteiger partial charge in [0.15, 0.2) is 0 Å². The van der Waals surface area contributed by atoms with Gasteiger partial charge in [0.05, 0.1) is 35.4 Å². The third-order valence-corrected chi connectivity index (χ3v) is 4.61. The van der Waals surface area contributed by atoms with E-state index in [9.17, 15) is 4.79 Å². The van der Waals surface area contributed by atoms with Crippen LogP contribution in [0, 0.1) is 6.92 Å². The van der Waals surface area contributed by atoms with Gasteiger partial charge in [-0.3, -0.25) is 4.79 Å². The summed E-state index contributed by atoms with van der Waals surface area (Å²) in [6.07, 6.45) is 6.24. The van der Waals surface area contributed by atoms with Crippen molar-refractivity contribution < 1.29 is 9.21 Å².